The first-order chi connectivity index (χ1) is 13.2. The Morgan fingerprint density at radius 1 is 0.500 bits per heavy atom. The van der Waals surface area contributed by atoms with E-state index in [2.05, 4.69) is 48.5 Å². The van der Waals surface area contributed by atoms with E-state index in [1.165, 1.54) is 22.3 Å². The summed E-state index contributed by atoms with van der Waals surface area (Å²) in [5, 5.41) is 19.7. The third kappa shape index (κ3) is 2.78. The van der Waals surface area contributed by atoms with Crippen LogP contribution < -0.4 is 51.4 Å². The van der Waals surface area contributed by atoms with Crippen LogP contribution in [0.15, 0.2) is 97.1 Å². The molecule has 0 unspecified atom stereocenters. The fraction of sp³-hybridized carbons (Fsp3) is 0.0400. The summed E-state index contributed by atoms with van der Waals surface area (Å²) >= 11 is 0. The quantitative estimate of drug-likeness (QED) is 0.455. The number of phenols is 2. The van der Waals surface area contributed by atoms with Gasteiger partial charge in [-0.05, 0) is 57.6 Å². The molecule has 0 saturated heterocycles. The molecule has 132 valence electrons. The third-order valence-electron chi connectivity index (χ3n) is 5.55. The molecule has 0 fully saturated rings. The number of aromatic hydroxyl groups is 2. The summed E-state index contributed by atoms with van der Waals surface area (Å²) in [5.74, 6) is 0.498. The van der Waals surface area contributed by atoms with Crippen molar-refractivity contribution in [3.8, 4) is 22.6 Å². The van der Waals surface area contributed by atoms with Crippen molar-refractivity contribution in [2.24, 2.45) is 0 Å². The number of fused-ring (bicyclic) bond motifs is 3. The van der Waals surface area contributed by atoms with Crippen molar-refractivity contribution in [1.82, 2.24) is 0 Å². The summed E-state index contributed by atoms with van der Waals surface area (Å²) in [4.78, 5) is 0. The Morgan fingerprint density at radius 2 is 0.857 bits per heavy atom. The molecule has 4 aromatic carbocycles. The van der Waals surface area contributed by atoms with Crippen LogP contribution in [0.1, 0.15) is 23.7 Å². The fourth-order valence-corrected chi connectivity index (χ4v) is 4.45. The molecule has 2 nitrogen and oxygen atoms in total. The maximum atomic E-state index is 9.85. The molecule has 3 heteroatoms. The SMILES string of the molecule is Oc1ccc(C2(c3ccc(O)cc3)c3ccccc3-c3ccccc32)cc1.[H-].[K+]. The summed E-state index contributed by atoms with van der Waals surface area (Å²) in [6.07, 6.45) is 0. The topological polar surface area (TPSA) is 40.5 Å². The van der Waals surface area contributed by atoms with E-state index < -0.39 is 5.41 Å². The summed E-state index contributed by atoms with van der Waals surface area (Å²) in [6, 6.07) is 31.9. The number of benzene rings is 4. The van der Waals surface area contributed by atoms with Crippen molar-refractivity contribution in [3.05, 3.63) is 119 Å². The third-order valence-corrected chi connectivity index (χ3v) is 5.55. The van der Waals surface area contributed by atoms with Crippen LogP contribution in [0.5, 0.6) is 11.5 Å². The van der Waals surface area contributed by atoms with Crippen LogP contribution in [-0.2, 0) is 5.41 Å². The van der Waals surface area contributed by atoms with E-state index >= 15 is 0 Å². The molecule has 4 aromatic rings. The molecule has 0 heterocycles. The Bertz CT molecular complexity index is 1050. The van der Waals surface area contributed by atoms with Gasteiger partial charge >= 0.3 is 51.4 Å². The Kier molecular flexibility index (Phi) is 5.21. The van der Waals surface area contributed by atoms with Gasteiger partial charge in [0.05, 0.1) is 5.41 Å². The number of phenolic OH excluding ortho intramolecular Hbond substituents is 2. The first kappa shape index (κ1) is 19.4. The van der Waals surface area contributed by atoms with Gasteiger partial charge in [0.2, 0.25) is 0 Å². The van der Waals surface area contributed by atoms with Gasteiger partial charge in [0.15, 0.2) is 0 Å². The van der Waals surface area contributed by atoms with Gasteiger partial charge in [0.25, 0.3) is 0 Å². The van der Waals surface area contributed by atoms with E-state index in [1.54, 1.807) is 24.3 Å². The normalized spacial score (nSPS) is 13.3. The zero-order chi connectivity index (χ0) is 18.4. The van der Waals surface area contributed by atoms with E-state index in [9.17, 15) is 10.2 Å². The molecule has 0 spiro atoms. The summed E-state index contributed by atoms with van der Waals surface area (Å²) in [6.45, 7) is 0. The predicted octanol–water partition coefficient (Wildman–Crippen LogP) is 2.58. The molecule has 28 heavy (non-hydrogen) atoms. The Balaban J connectivity index is 0.00000120. The summed E-state index contributed by atoms with van der Waals surface area (Å²) in [5.41, 5.74) is 6.54. The summed E-state index contributed by atoms with van der Waals surface area (Å²) < 4.78 is 0. The molecule has 0 bridgehead atoms. The number of hydrogen-bond donors (Lipinski definition) is 2. The average molecular weight is 391 g/mol. The second kappa shape index (κ2) is 7.51. The van der Waals surface area contributed by atoms with Crippen molar-refractivity contribution >= 4 is 0 Å². The molecule has 0 saturated carbocycles. The van der Waals surface area contributed by atoms with Crippen LogP contribution in [-0.4, -0.2) is 10.2 Å². The van der Waals surface area contributed by atoms with Crippen LogP contribution in [0, 0.1) is 0 Å². The Hall–Kier alpha value is -1.88. The van der Waals surface area contributed by atoms with E-state index in [-0.39, 0.29) is 64.3 Å². The van der Waals surface area contributed by atoms with Crippen molar-refractivity contribution < 1.29 is 63.0 Å². The first-order valence-corrected chi connectivity index (χ1v) is 8.99. The largest absolute Gasteiger partial charge is 1.00 e. The van der Waals surface area contributed by atoms with Gasteiger partial charge in [-0.25, -0.2) is 0 Å². The molecule has 1 aliphatic rings. The van der Waals surface area contributed by atoms with Crippen molar-refractivity contribution in [3.63, 3.8) is 0 Å². The molecule has 1 aliphatic carbocycles. The van der Waals surface area contributed by atoms with Gasteiger partial charge in [-0.15, -0.1) is 0 Å². The fourth-order valence-electron chi connectivity index (χ4n) is 4.45. The van der Waals surface area contributed by atoms with Gasteiger partial charge in [-0.3, -0.25) is 0 Å². The van der Waals surface area contributed by atoms with E-state index in [0.717, 1.165) is 11.1 Å². The first-order valence-electron chi connectivity index (χ1n) is 8.99. The molecule has 0 radical (unpaired) electrons. The summed E-state index contributed by atoms with van der Waals surface area (Å²) in [7, 11) is 0. The Morgan fingerprint density at radius 3 is 1.25 bits per heavy atom. The van der Waals surface area contributed by atoms with Crippen LogP contribution in [0.25, 0.3) is 11.1 Å². The molecule has 0 aromatic heterocycles. The molecule has 5 rings (SSSR count). The van der Waals surface area contributed by atoms with Gasteiger partial charge in [-0.1, -0.05) is 72.8 Å². The predicted molar refractivity (Wildman–Crippen MR) is 108 cm³/mol. The standard InChI is InChI=1S/C25H18O2.K.H/c26-19-13-9-17(10-14-19)25(18-11-15-20(27)16-12-18)23-7-3-1-5-21(23)22-6-2-4-8-24(22)25;;/h1-16,26-27H;;/q;+1;-1. The molecule has 0 atom stereocenters. The maximum Gasteiger partial charge on any atom is 1.00 e. The van der Waals surface area contributed by atoms with Crippen LogP contribution in [0.4, 0.5) is 0 Å². The van der Waals surface area contributed by atoms with E-state index in [1.807, 2.05) is 24.3 Å². The molecule has 0 amide bonds. The van der Waals surface area contributed by atoms with Gasteiger partial charge < -0.3 is 11.6 Å². The van der Waals surface area contributed by atoms with Crippen LogP contribution in [0.3, 0.4) is 0 Å². The zero-order valence-corrected chi connectivity index (χ0v) is 18.8. The Labute approximate surface area is 208 Å². The number of hydrogen-bond acceptors (Lipinski definition) is 2. The molecule has 2 N–H and O–H groups in total. The van der Waals surface area contributed by atoms with Crippen molar-refractivity contribution in [1.29, 1.82) is 0 Å². The minimum atomic E-state index is -0.491. The second-order valence-electron chi connectivity index (χ2n) is 6.93. The van der Waals surface area contributed by atoms with Crippen LogP contribution in [0.2, 0.25) is 0 Å². The maximum absolute atomic E-state index is 9.85. The molecular formula is C25H19KO2. The average Bonchev–Trinajstić information content (AvgIpc) is 3.01. The number of rotatable bonds is 2. The van der Waals surface area contributed by atoms with E-state index in [4.69, 9.17) is 0 Å². The van der Waals surface area contributed by atoms with Gasteiger partial charge in [-0.2, -0.15) is 0 Å². The monoisotopic (exact) mass is 390 g/mol. The van der Waals surface area contributed by atoms with Crippen LogP contribution >= 0.6 is 0 Å². The van der Waals surface area contributed by atoms with Gasteiger partial charge in [0.1, 0.15) is 11.5 Å². The minimum Gasteiger partial charge on any atom is -1.00 e. The smallest absolute Gasteiger partial charge is 1.00 e. The second-order valence-corrected chi connectivity index (χ2v) is 6.93. The molecule has 0 aliphatic heterocycles. The van der Waals surface area contributed by atoms with Crippen molar-refractivity contribution in [2.45, 2.75) is 5.41 Å². The van der Waals surface area contributed by atoms with Crippen molar-refractivity contribution in [2.75, 3.05) is 0 Å². The molecular weight excluding hydrogens is 371 g/mol. The minimum absolute atomic E-state index is 0. The van der Waals surface area contributed by atoms with Gasteiger partial charge in [0, 0.05) is 0 Å². The zero-order valence-electron chi connectivity index (χ0n) is 16.6. The van der Waals surface area contributed by atoms with E-state index in [0.29, 0.717) is 0 Å².